The van der Waals surface area contributed by atoms with Gasteiger partial charge in [0, 0.05) is 5.56 Å². The van der Waals surface area contributed by atoms with Crippen LogP contribution in [-0.2, 0) is 6.61 Å². The molecule has 3 rings (SSSR count). The molecule has 0 saturated carbocycles. The summed E-state index contributed by atoms with van der Waals surface area (Å²) in [7, 11) is 0. The Balaban J connectivity index is 1.81. The van der Waals surface area contributed by atoms with Crippen LogP contribution >= 0.6 is 0 Å². The monoisotopic (exact) mass is 329 g/mol. The van der Waals surface area contributed by atoms with E-state index in [1.165, 1.54) is 12.1 Å². The van der Waals surface area contributed by atoms with Crippen LogP contribution < -0.4 is 15.2 Å². The van der Waals surface area contributed by atoms with Crippen molar-refractivity contribution < 1.29 is 18.3 Å². The van der Waals surface area contributed by atoms with Gasteiger partial charge in [0.2, 0.25) is 5.89 Å². The van der Waals surface area contributed by atoms with Crippen LogP contribution in [0.1, 0.15) is 12.5 Å². The molecule has 2 aromatic carbocycles. The second kappa shape index (κ2) is 6.99. The molecule has 0 aliphatic carbocycles. The van der Waals surface area contributed by atoms with Crippen LogP contribution in [0.25, 0.3) is 11.5 Å². The van der Waals surface area contributed by atoms with Gasteiger partial charge in [0.25, 0.3) is 0 Å². The molecule has 0 aliphatic rings. The van der Waals surface area contributed by atoms with Crippen molar-refractivity contribution in [2.24, 2.45) is 0 Å². The van der Waals surface area contributed by atoms with Crippen LogP contribution in [0.4, 0.5) is 10.4 Å². The van der Waals surface area contributed by atoms with E-state index in [0.717, 1.165) is 5.56 Å². The van der Waals surface area contributed by atoms with E-state index in [9.17, 15) is 4.39 Å². The highest BCUT2D eigenvalue weighted by atomic mass is 19.1. The van der Waals surface area contributed by atoms with E-state index in [0.29, 0.717) is 29.6 Å². The van der Waals surface area contributed by atoms with E-state index < -0.39 is 0 Å². The smallest absolute Gasteiger partial charge is 0.313 e. The van der Waals surface area contributed by atoms with Gasteiger partial charge in [-0.25, -0.2) is 4.39 Å². The third-order valence-electron chi connectivity index (χ3n) is 3.21. The van der Waals surface area contributed by atoms with Crippen LogP contribution in [0.2, 0.25) is 0 Å². The molecule has 0 spiro atoms. The zero-order valence-corrected chi connectivity index (χ0v) is 13.0. The Morgan fingerprint density at radius 2 is 1.96 bits per heavy atom. The summed E-state index contributed by atoms with van der Waals surface area (Å²) in [5, 5.41) is 7.47. The predicted octanol–water partition coefficient (Wildman–Crippen LogP) is 3.44. The minimum Gasteiger partial charge on any atom is -0.490 e. The Labute approximate surface area is 138 Å². The summed E-state index contributed by atoms with van der Waals surface area (Å²) in [6, 6.07) is 11.5. The number of hydrogen-bond donors (Lipinski definition) is 1. The molecule has 3 aromatic rings. The van der Waals surface area contributed by atoms with Crippen molar-refractivity contribution in [3.05, 3.63) is 53.8 Å². The van der Waals surface area contributed by atoms with Gasteiger partial charge in [0.05, 0.1) is 6.61 Å². The predicted molar refractivity (Wildman–Crippen MR) is 86.0 cm³/mol. The lowest BCUT2D eigenvalue weighted by atomic mass is 10.2. The third-order valence-corrected chi connectivity index (χ3v) is 3.21. The molecule has 0 fully saturated rings. The molecule has 0 radical (unpaired) electrons. The van der Waals surface area contributed by atoms with E-state index in [-0.39, 0.29) is 18.4 Å². The van der Waals surface area contributed by atoms with Gasteiger partial charge in [-0.15, -0.1) is 5.10 Å². The lowest BCUT2D eigenvalue weighted by Gasteiger charge is -2.12. The van der Waals surface area contributed by atoms with E-state index in [4.69, 9.17) is 19.6 Å². The fourth-order valence-electron chi connectivity index (χ4n) is 2.17. The summed E-state index contributed by atoms with van der Waals surface area (Å²) in [6.45, 7) is 2.56. The van der Waals surface area contributed by atoms with E-state index in [1.54, 1.807) is 30.3 Å². The topological polar surface area (TPSA) is 83.4 Å². The minimum atomic E-state index is -0.300. The molecule has 0 atom stereocenters. The van der Waals surface area contributed by atoms with Crippen LogP contribution in [0.3, 0.4) is 0 Å². The van der Waals surface area contributed by atoms with Crippen molar-refractivity contribution in [1.82, 2.24) is 10.2 Å². The van der Waals surface area contributed by atoms with Crippen LogP contribution in [-0.4, -0.2) is 16.8 Å². The van der Waals surface area contributed by atoms with Crippen molar-refractivity contribution in [3.63, 3.8) is 0 Å². The van der Waals surface area contributed by atoms with E-state index in [2.05, 4.69) is 10.2 Å². The number of nitrogens with two attached hydrogens (primary N) is 1. The Morgan fingerprint density at radius 1 is 1.08 bits per heavy atom. The number of ether oxygens (including phenoxy) is 2. The lowest BCUT2D eigenvalue weighted by Crippen LogP contribution is -2.00. The fourth-order valence-corrected chi connectivity index (χ4v) is 2.17. The molecule has 24 heavy (non-hydrogen) atoms. The Kier molecular flexibility index (Phi) is 4.60. The van der Waals surface area contributed by atoms with Gasteiger partial charge < -0.3 is 19.6 Å². The van der Waals surface area contributed by atoms with Gasteiger partial charge in [0.15, 0.2) is 11.5 Å². The number of hydrogen-bond acceptors (Lipinski definition) is 6. The van der Waals surface area contributed by atoms with Crippen molar-refractivity contribution >= 4 is 6.01 Å². The molecule has 1 aromatic heterocycles. The second-order valence-corrected chi connectivity index (χ2v) is 4.96. The zero-order chi connectivity index (χ0) is 16.9. The Hall–Kier alpha value is -3.09. The number of nitrogen functional groups attached to an aromatic ring is 1. The average Bonchev–Trinajstić information content (AvgIpc) is 3.00. The SMILES string of the molecule is CCOc1cc(-c2nnc(N)o2)ccc1OCc1cccc(F)c1. The molecule has 0 unspecified atom stereocenters. The number of rotatable bonds is 6. The second-order valence-electron chi connectivity index (χ2n) is 4.96. The van der Waals surface area contributed by atoms with Crippen LogP contribution in [0.5, 0.6) is 11.5 Å². The van der Waals surface area contributed by atoms with Gasteiger partial charge in [0.1, 0.15) is 12.4 Å². The Morgan fingerprint density at radius 3 is 2.67 bits per heavy atom. The first-order chi connectivity index (χ1) is 11.7. The molecule has 0 saturated heterocycles. The third kappa shape index (κ3) is 3.62. The van der Waals surface area contributed by atoms with Gasteiger partial charge in [-0.1, -0.05) is 17.2 Å². The number of anilines is 1. The maximum absolute atomic E-state index is 13.2. The number of nitrogens with zero attached hydrogens (tertiary/aromatic N) is 2. The number of halogens is 1. The van der Waals surface area contributed by atoms with E-state index in [1.807, 2.05) is 6.92 Å². The quantitative estimate of drug-likeness (QED) is 0.746. The largest absolute Gasteiger partial charge is 0.490 e. The van der Waals surface area contributed by atoms with Crippen molar-refractivity contribution in [2.45, 2.75) is 13.5 Å². The molecular weight excluding hydrogens is 313 g/mol. The molecule has 6 nitrogen and oxygen atoms in total. The molecule has 0 bridgehead atoms. The maximum atomic E-state index is 13.2. The zero-order valence-electron chi connectivity index (χ0n) is 13.0. The summed E-state index contributed by atoms with van der Waals surface area (Å²) in [6.07, 6.45) is 0. The van der Waals surface area contributed by atoms with Gasteiger partial charge in [-0.2, -0.15) is 0 Å². The number of aromatic nitrogens is 2. The maximum Gasteiger partial charge on any atom is 0.313 e. The first kappa shape index (κ1) is 15.8. The first-order valence-corrected chi connectivity index (χ1v) is 7.39. The van der Waals surface area contributed by atoms with Crippen LogP contribution in [0, 0.1) is 5.82 Å². The molecular formula is C17H16FN3O3. The van der Waals surface area contributed by atoms with Gasteiger partial charge >= 0.3 is 6.01 Å². The standard InChI is InChI=1S/C17H16FN3O3/c1-2-22-15-9-12(16-20-21-17(19)24-16)6-7-14(15)23-10-11-4-3-5-13(18)8-11/h3-9H,2,10H2,1H3,(H2,19,21). The fraction of sp³-hybridized carbons (Fsp3) is 0.176. The van der Waals surface area contributed by atoms with Crippen molar-refractivity contribution in [2.75, 3.05) is 12.3 Å². The highest BCUT2D eigenvalue weighted by Gasteiger charge is 2.12. The molecule has 1 heterocycles. The molecule has 0 amide bonds. The molecule has 2 N–H and O–H groups in total. The lowest BCUT2D eigenvalue weighted by molar-refractivity contribution is 0.269. The molecule has 0 aliphatic heterocycles. The summed E-state index contributed by atoms with van der Waals surface area (Å²) >= 11 is 0. The first-order valence-electron chi connectivity index (χ1n) is 7.39. The molecule has 124 valence electrons. The van der Waals surface area contributed by atoms with Gasteiger partial charge in [-0.05, 0) is 42.8 Å². The highest BCUT2D eigenvalue weighted by Crippen LogP contribution is 2.33. The van der Waals surface area contributed by atoms with Crippen LogP contribution in [0.15, 0.2) is 46.9 Å². The number of benzene rings is 2. The van der Waals surface area contributed by atoms with Gasteiger partial charge in [-0.3, -0.25) is 0 Å². The summed E-state index contributed by atoms with van der Waals surface area (Å²) < 4.78 is 29.8. The normalized spacial score (nSPS) is 10.6. The Bertz CT molecular complexity index is 835. The van der Waals surface area contributed by atoms with Crippen molar-refractivity contribution in [1.29, 1.82) is 0 Å². The minimum absolute atomic E-state index is 0.00519. The van der Waals surface area contributed by atoms with E-state index >= 15 is 0 Å². The summed E-state index contributed by atoms with van der Waals surface area (Å²) in [5.41, 5.74) is 6.84. The summed E-state index contributed by atoms with van der Waals surface area (Å²) in [4.78, 5) is 0. The molecule has 7 heteroatoms. The average molecular weight is 329 g/mol. The van der Waals surface area contributed by atoms with Crippen molar-refractivity contribution in [3.8, 4) is 23.0 Å². The highest BCUT2D eigenvalue weighted by molar-refractivity contribution is 5.60. The summed E-state index contributed by atoms with van der Waals surface area (Å²) in [5.74, 6) is 1.07.